The van der Waals surface area contributed by atoms with E-state index in [1.165, 1.54) is 19.3 Å². The molecule has 0 radical (unpaired) electrons. The van der Waals surface area contributed by atoms with E-state index in [0.717, 1.165) is 12.8 Å². The van der Waals surface area contributed by atoms with E-state index in [0.29, 0.717) is 5.05 Å². The molecule has 0 saturated heterocycles. The molecule has 0 rings (SSSR count). The Hall–Kier alpha value is -0.150. The van der Waals surface area contributed by atoms with Gasteiger partial charge in [0.2, 0.25) is 0 Å². The van der Waals surface area contributed by atoms with Gasteiger partial charge in [-0.2, -0.15) is 0 Å². The van der Waals surface area contributed by atoms with Crippen LogP contribution in [0.3, 0.4) is 0 Å². The van der Waals surface area contributed by atoms with Gasteiger partial charge in [-0.05, 0) is 31.5 Å². The molecule has 0 aliphatic carbocycles. The number of aliphatic hydroxyl groups excluding tert-OH is 1. The van der Waals surface area contributed by atoms with Gasteiger partial charge in [-0.1, -0.05) is 26.7 Å². The van der Waals surface area contributed by atoms with Crippen LogP contribution in [-0.2, 0) is 4.74 Å². The van der Waals surface area contributed by atoms with Crippen LogP contribution < -0.4 is 0 Å². The van der Waals surface area contributed by atoms with E-state index in [4.69, 9.17) is 22.1 Å². The molecule has 1 unspecified atom stereocenters. The topological polar surface area (TPSA) is 29.5 Å². The summed E-state index contributed by atoms with van der Waals surface area (Å²) >= 11 is 4.80. The van der Waals surface area contributed by atoms with E-state index in [1.54, 1.807) is 0 Å². The molecule has 0 fully saturated rings. The number of hydrogen-bond donors (Lipinski definition) is 1. The van der Waals surface area contributed by atoms with Gasteiger partial charge in [-0.3, -0.25) is 0 Å². The second kappa shape index (κ2) is 8.45. The largest absolute Gasteiger partial charge is 0.481 e. The summed E-state index contributed by atoms with van der Waals surface area (Å²) in [5, 5.41) is 9.01. The van der Waals surface area contributed by atoms with Crippen molar-refractivity contribution >= 4 is 17.3 Å². The van der Waals surface area contributed by atoms with Gasteiger partial charge in [0.25, 0.3) is 0 Å². The molecule has 0 spiro atoms. The minimum atomic E-state index is -0.139. The Bertz CT molecular complexity index is 137. The second-order valence-electron chi connectivity index (χ2n) is 3.17. The number of thiocarbonyl (C=S) groups is 1. The molecule has 1 N–H and O–H groups in total. The third kappa shape index (κ3) is 6.96. The molecule has 0 heterocycles. The zero-order valence-electron chi connectivity index (χ0n) is 8.58. The fourth-order valence-corrected chi connectivity index (χ4v) is 1.33. The van der Waals surface area contributed by atoms with Gasteiger partial charge in [0.1, 0.15) is 6.61 Å². The van der Waals surface area contributed by atoms with Gasteiger partial charge in [-0.15, -0.1) is 0 Å². The standard InChI is InChI=1S/C10H20O2S/c1-3-5-6-7-9(4-2)12-10(13)8-11/h9,11H,3-8H2,1-2H3. The maximum absolute atomic E-state index is 8.68. The van der Waals surface area contributed by atoms with Gasteiger partial charge in [-0.25, -0.2) is 0 Å². The van der Waals surface area contributed by atoms with E-state index >= 15 is 0 Å². The predicted molar refractivity (Wildman–Crippen MR) is 59.0 cm³/mol. The lowest BCUT2D eigenvalue weighted by Crippen LogP contribution is -2.18. The summed E-state index contributed by atoms with van der Waals surface area (Å²) < 4.78 is 5.38. The van der Waals surface area contributed by atoms with Crippen molar-refractivity contribution in [2.45, 2.75) is 52.1 Å². The van der Waals surface area contributed by atoms with E-state index < -0.39 is 0 Å². The fraction of sp³-hybridized carbons (Fsp3) is 0.900. The van der Waals surface area contributed by atoms with Crippen LogP contribution in [0.25, 0.3) is 0 Å². The van der Waals surface area contributed by atoms with Gasteiger partial charge in [0, 0.05) is 0 Å². The van der Waals surface area contributed by atoms with Crippen molar-refractivity contribution in [2.75, 3.05) is 6.61 Å². The summed E-state index contributed by atoms with van der Waals surface area (Å²) in [6, 6.07) is 0. The normalized spacial score (nSPS) is 12.5. The van der Waals surface area contributed by atoms with Crippen LogP contribution in [0.2, 0.25) is 0 Å². The Kier molecular flexibility index (Phi) is 8.35. The number of hydrogen-bond acceptors (Lipinski definition) is 3. The first kappa shape index (κ1) is 12.8. The lowest BCUT2D eigenvalue weighted by atomic mass is 10.1. The van der Waals surface area contributed by atoms with Crippen molar-refractivity contribution in [1.29, 1.82) is 0 Å². The van der Waals surface area contributed by atoms with Gasteiger partial charge < -0.3 is 9.84 Å². The Balaban J connectivity index is 3.56. The SMILES string of the molecule is CCCCCC(CC)OC(=S)CO. The molecule has 3 heteroatoms. The maximum atomic E-state index is 8.68. The molecule has 0 aromatic carbocycles. The van der Waals surface area contributed by atoms with Crippen molar-refractivity contribution in [2.24, 2.45) is 0 Å². The van der Waals surface area contributed by atoms with Gasteiger partial charge in [0.05, 0.1) is 6.10 Å². The molecule has 2 nitrogen and oxygen atoms in total. The Morgan fingerprint density at radius 1 is 1.38 bits per heavy atom. The van der Waals surface area contributed by atoms with Gasteiger partial charge >= 0.3 is 0 Å². The molecule has 0 bridgehead atoms. The van der Waals surface area contributed by atoms with Crippen LogP contribution >= 0.6 is 12.2 Å². The molecule has 0 aliphatic heterocycles. The first-order chi connectivity index (χ1) is 6.24. The van der Waals surface area contributed by atoms with Crippen LogP contribution in [0.1, 0.15) is 46.0 Å². The molecular formula is C10H20O2S. The average molecular weight is 204 g/mol. The minimum absolute atomic E-state index is 0.139. The molecule has 13 heavy (non-hydrogen) atoms. The molecular weight excluding hydrogens is 184 g/mol. The smallest absolute Gasteiger partial charge is 0.185 e. The highest BCUT2D eigenvalue weighted by atomic mass is 32.1. The summed E-state index contributed by atoms with van der Waals surface area (Å²) in [4.78, 5) is 0. The molecule has 78 valence electrons. The monoisotopic (exact) mass is 204 g/mol. The highest BCUT2D eigenvalue weighted by molar-refractivity contribution is 7.80. The maximum Gasteiger partial charge on any atom is 0.185 e. The van der Waals surface area contributed by atoms with Crippen LogP contribution in [-0.4, -0.2) is 22.9 Å². The third-order valence-corrected chi connectivity index (χ3v) is 2.24. The van der Waals surface area contributed by atoms with Crippen molar-refractivity contribution in [3.8, 4) is 0 Å². The number of aliphatic hydroxyl groups is 1. The van der Waals surface area contributed by atoms with Crippen molar-refractivity contribution in [1.82, 2.24) is 0 Å². The van der Waals surface area contributed by atoms with E-state index in [1.807, 2.05) is 0 Å². The Morgan fingerprint density at radius 3 is 2.54 bits per heavy atom. The number of ether oxygens (including phenoxy) is 1. The van der Waals surface area contributed by atoms with Crippen LogP contribution in [0.5, 0.6) is 0 Å². The minimum Gasteiger partial charge on any atom is -0.481 e. The first-order valence-corrected chi connectivity index (χ1v) is 5.45. The van der Waals surface area contributed by atoms with E-state index in [9.17, 15) is 0 Å². The molecule has 0 aromatic rings. The van der Waals surface area contributed by atoms with Crippen molar-refractivity contribution in [3.63, 3.8) is 0 Å². The first-order valence-electron chi connectivity index (χ1n) is 5.04. The summed E-state index contributed by atoms with van der Waals surface area (Å²) in [6.07, 6.45) is 5.86. The average Bonchev–Trinajstić information content (AvgIpc) is 2.16. The highest BCUT2D eigenvalue weighted by Crippen LogP contribution is 2.10. The predicted octanol–water partition coefficient (Wildman–Crippen LogP) is 2.68. The van der Waals surface area contributed by atoms with Gasteiger partial charge in [0.15, 0.2) is 5.05 Å². The Labute approximate surface area is 86.3 Å². The third-order valence-electron chi connectivity index (χ3n) is 2.01. The molecule has 1 atom stereocenters. The fourth-order valence-electron chi connectivity index (χ4n) is 1.19. The van der Waals surface area contributed by atoms with E-state index in [-0.39, 0.29) is 12.7 Å². The molecule has 0 saturated carbocycles. The van der Waals surface area contributed by atoms with Crippen LogP contribution in [0.15, 0.2) is 0 Å². The van der Waals surface area contributed by atoms with E-state index in [2.05, 4.69) is 13.8 Å². The number of rotatable bonds is 7. The van der Waals surface area contributed by atoms with Crippen molar-refractivity contribution < 1.29 is 9.84 Å². The second-order valence-corrected chi connectivity index (χ2v) is 3.63. The zero-order chi connectivity index (χ0) is 10.1. The summed E-state index contributed by atoms with van der Waals surface area (Å²) in [5.74, 6) is 0. The molecule has 0 aliphatic rings. The van der Waals surface area contributed by atoms with Crippen LogP contribution in [0, 0.1) is 0 Å². The summed E-state index contributed by atoms with van der Waals surface area (Å²) in [7, 11) is 0. The zero-order valence-corrected chi connectivity index (χ0v) is 9.40. The Morgan fingerprint density at radius 2 is 2.08 bits per heavy atom. The quantitative estimate of drug-likeness (QED) is 0.511. The highest BCUT2D eigenvalue weighted by Gasteiger charge is 2.08. The summed E-state index contributed by atoms with van der Waals surface area (Å²) in [5.41, 5.74) is 0. The van der Waals surface area contributed by atoms with Crippen LogP contribution in [0.4, 0.5) is 0 Å². The lowest BCUT2D eigenvalue weighted by Gasteiger charge is -2.16. The summed E-state index contributed by atoms with van der Waals surface area (Å²) in [6.45, 7) is 4.12. The lowest BCUT2D eigenvalue weighted by molar-refractivity contribution is 0.158. The number of unbranched alkanes of at least 4 members (excludes halogenated alkanes) is 2. The molecule has 0 aromatic heterocycles. The molecule has 0 amide bonds. The van der Waals surface area contributed by atoms with Crippen molar-refractivity contribution in [3.05, 3.63) is 0 Å².